The van der Waals surface area contributed by atoms with E-state index in [1.165, 1.54) is 12.1 Å². The Balaban J connectivity index is 1.84. The third-order valence-electron chi connectivity index (χ3n) is 4.11. The Morgan fingerprint density at radius 3 is 2.66 bits per heavy atom. The largest absolute Gasteiger partial charge is 0.478 e. The zero-order chi connectivity index (χ0) is 21.0. The minimum Gasteiger partial charge on any atom is -0.478 e. The number of hydrogen-bond acceptors (Lipinski definition) is 4. The number of aromatic carboxylic acids is 1. The van der Waals surface area contributed by atoms with Crippen LogP contribution in [0.1, 0.15) is 21.7 Å². The average Bonchev–Trinajstić information content (AvgIpc) is 3.14. The van der Waals surface area contributed by atoms with Gasteiger partial charge in [0.05, 0.1) is 5.56 Å². The summed E-state index contributed by atoms with van der Waals surface area (Å²) in [5.74, 6) is -0.918. The highest BCUT2D eigenvalue weighted by molar-refractivity contribution is 6.31. The van der Waals surface area contributed by atoms with Gasteiger partial charge < -0.3 is 14.8 Å². The molecule has 0 atom stereocenters. The van der Waals surface area contributed by atoms with E-state index in [1.54, 1.807) is 55.5 Å². The Hall–Kier alpha value is -3.82. The van der Waals surface area contributed by atoms with Crippen LogP contribution in [0.25, 0.3) is 17.4 Å². The van der Waals surface area contributed by atoms with Gasteiger partial charge in [-0.25, -0.2) is 4.79 Å². The van der Waals surface area contributed by atoms with Crippen molar-refractivity contribution >= 4 is 35.2 Å². The van der Waals surface area contributed by atoms with E-state index < -0.39 is 11.9 Å². The molecule has 2 N–H and O–H groups in total. The van der Waals surface area contributed by atoms with Crippen LogP contribution in [-0.4, -0.2) is 17.0 Å². The summed E-state index contributed by atoms with van der Waals surface area (Å²) in [5.41, 5.74) is 1.70. The summed E-state index contributed by atoms with van der Waals surface area (Å²) >= 11 is 5.89. The summed E-state index contributed by atoms with van der Waals surface area (Å²) in [6, 6.07) is 16.6. The number of furan rings is 1. The van der Waals surface area contributed by atoms with Gasteiger partial charge >= 0.3 is 5.97 Å². The number of amides is 1. The van der Waals surface area contributed by atoms with E-state index in [1.807, 2.05) is 6.07 Å². The van der Waals surface area contributed by atoms with Crippen LogP contribution in [0.2, 0.25) is 5.02 Å². The van der Waals surface area contributed by atoms with Crippen LogP contribution in [0, 0.1) is 18.3 Å². The van der Waals surface area contributed by atoms with Crippen molar-refractivity contribution in [2.45, 2.75) is 6.92 Å². The van der Waals surface area contributed by atoms with Crippen molar-refractivity contribution in [2.24, 2.45) is 0 Å². The number of nitrogens with zero attached hydrogens (tertiary/aromatic N) is 1. The second-order valence-electron chi connectivity index (χ2n) is 6.17. The van der Waals surface area contributed by atoms with E-state index in [0.717, 1.165) is 0 Å². The van der Waals surface area contributed by atoms with Gasteiger partial charge in [0, 0.05) is 22.3 Å². The van der Waals surface area contributed by atoms with Crippen molar-refractivity contribution in [3.8, 4) is 17.4 Å². The van der Waals surface area contributed by atoms with E-state index in [0.29, 0.717) is 27.6 Å². The maximum absolute atomic E-state index is 12.3. The molecule has 29 heavy (non-hydrogen) atoms. The Morgan fingerprint density at radius 2 is 1.97 bits per heavy atom. The molecule has 1 amide bonds. The zero-order valence-corrected chi connectivity index (χ0v) is 16.0. The van der Waals surface area contributed by atoms with Gasteiger partial charge in [-0.1, -0.05) is 29.8 Å². The zero-order valence-electron chi connectivity index (χ0n) is 15.3. The second kappa shape index (κ2) is 8.46. The number of hydrogen-bond donors (Lipinski definition) is 2. The van der Waals surface area contributed by atoms with E-state index in [-0.39, 0.29) is 16.9 Å². The van der Waals surface area contributed by atoms with Crippen LogP contribution in [0.5, 0.6) is 0 Å². The number of nitrogens with one attached hydrogen (secondary N) is 1. The lowest BCUT2D eigenvalue weighted by atomic mass is 10.0. The molecule has 2 aromatic carbocycles. The van der Waals surface area contributed by atoms with Crippen LogP contribution in [0.4, 0.5) is 5.69 Å². The molecule has 0 bridgehead atoms. The van der Waals surface area contributed by atoms with Crippen molar-refractivity contribution < 1.29 is 19.1 Å². The molecule has 0 radical (unpaired) electrons. The Labute approximate surface area is 171 Å². The van der Waals surface area contributed by atoms with Crippen LogP contribution in [-0.2, 0) is 4.79 Å². The Bertz CT molecular complexity index is 1170. The van der Waals surface area contributed by atoms with E-state index in [9.17, 15) is 20.0 Å². The third-order valence-corrected chi connectivity index (χ3v) is 4.35. The molecule has 7 heteroatoms. The van der Waals surface area contributed by atoms with Crippen molar-refractivity contribution in [1.29, 1.82) is 5.26 Å². The summed E-state index contributed by atoms with van der Waals surface area (Å²) in [7, 11) is 0. The first-order chi connectivity index (χ1) is 13.9. The number of carbonyl (C=O) groups excluding carboxylic acids is 1. The number of carboxylic acid groups (broad SMARTS) is 1. The van der Waals surface area contributed by atoms with Crippen LogP contribution in [0.15, 0.2) is 64.6 Å². The van der Waals surface area contributed by atoms with Crippen molar-refractivity contribution in [1.82, 2.24) is 0 Å². The molecule has 0 saturated carbocycles. The van der Waals surface area contributed by atoms with Gasteiger partial charge in [0.2, 0.25) is 0 Å². The first kappa shape index (κ1) is 19.9. The molecule has 144 valence electrons. The maximum atomic E-state index is 12.3. The highest BCUT2D eigenvalue weighted by Gasteiger charge is 2.13. The molecule has 3 rings (SSSR count). The fourth-order valence-electron chi connectivity index (χ4n) is 2.65. The monoisotopic (exact) mass is 406 g/mol. The maximum Gasteiger partial charge on any atom is 0.335 e. The molecule has 0 spiro atoms. The van der Waals surface area contributed by atoms with Crippen LogP contribution in [0.3, 0.4) is 0 Å². The second-order valence-corrected chi connectivity index (χ2v) is 6.61. The van der Waals surface area contributed by atoms with Gasteiger partial charge in [-0.3, -0.25) is 4.79 Å². The number of anilines is 1. The Kier molecular flexibility index (Phi) is 5.82. The average molecular weight is 407 g/mol. The number of aryl methyl sites for hydroxylation is 1. The predicted molar refractivity (Wildman–Crippen MR) is 110 cm³/mol. The number of rotatable bonds is 5. The molecule has 0 aliphatic heterocycles. The van der Waals surface area contributed by atoms with Crippen molar-refractivity contribution in [2.75, 3.05) is 5.32 Å². The topological polar surface area (TPSA) is 103 Å². The number of benzene rings is 2. The van der Waals surface area contributed by atoms with Gasteiger partial charge in [-0.2, -0.15) is 5.26 Å². The molecule has 0 unspecified atom stereocenters. The van der Waals surface area contributed by atoms with Gasteiger partial charge in [-0.15, -0.1) is 0 Å². The van der Waals surface area contributed by atoms with Gasteiger partial charge in [-0.05, 0) is 48.9 Å². The van der Waals surface area contributed by atoms with E-state index >= 15 is 0 Å². The van der Waals surface area contributed by atoms with Gasteiger partial charge in [0.1, 0.15) is 23.2 Å². The molecule has 6 nitrogen and oxygen atoms in total. The molecule has 0 aliphatic carbocycles. The molecule has 0 aliphatic rings. The predicted octanol–water partition coefficient (Wildman–Crippen LogP) is 5.15. The summed E-state index contributed by atoms with van der Waals surface area (Å²) in [6.45, 7) is 1.71. The lowest BCUT2D eigenvalue weighted by Crippen LogP contribution is -2.13. The molecule has 0 saturated heterocycles. The number of halogens is 1. The SMILES string of the molecule is Cc1ccc(-c2ccc(/C=C(/C#N)C(=O)Nc3cccc(Cl)c3)o2)cc1C(=O)O. The van der Waals surface area contributed by atoms with Gasteiger partial charge in [0.25, 0.3) is 5.91 Å². The first-order valence-electron chi connectivity index (χ1n) is 8.50. The number of carboxylic acids is 1. The quantitative estimate of drug-likeness (QED) is 0.450. The number of carbonyl (C=O) groups is 2. The van der Waals surface area contributed by atoms with Crippen molar-refractivity contribution in [3.63, 3.8) is 0 Å². The van der Waals surface area contributed by atoms with Crippen molar-refractivity contribution in [3.05, 3.63) is 82.1 Å². The first-order valence-corrected chi connectivity index (χ1v) is 8.88. The number of nitriles is 1. The van der Waals surface area contributed by atoms with Crippen LogP contribution < -0.4 is 5.32 Å². The van der Waals surface area contributed by atoms with E-state index in [4.69, 9.17) is 16.0 Å². The summed E-state index contributed by atoms with van der Waals surface area (Å²) < 4.78 is 5.67. The molecular weight excluding hydrogens is 392 g/mol. The normalized spacial score (nSPS) is 11.0. The summed E-state index contributed by atoms with van der Waals surface area (Å²) in [5, 5.41) is 21.6. The molecule has 0 fully saturated rings. The summed E-state index contributed by atoms with van der Waals surface area (Å²) in [6.07, 6.45) is 1.32. The third kappa shape index (κ3) is 4.72. The summed E-state index contributed by atoms with van der Waals surface area (Å²) in [4.78, 5) is 23.7. The molecule has 3 aromatic rings. The Morgan fingerprint density at radius 1 is 1.17 bits per heavy atom. The highest BCUT2D eigenvalue weighted by Crippen LogP contribution is 2.26. The molecule has 1 aromatic heterocycles. The smallest absolute Gasteiger partial charge is 0.335 e. The van der Waals surface area contributed by atoms with Gasteiger partial charge in [0.15, 0.2) is 0 Å². The lowest BCUT2D eigenvalue weighted by Gasteiger charge is -2.04. The molecular formula is C22H15ClN2O4. The standard InChI is InChI=1S/C22H15ClN2O4/c1-13-5-6-14(10-19(13)22(27)28)20-8-7-18(29-20)9-15(12-24)21(26)25-17-4-2-3-16(23)11-17/h2-11H,1H3,(H,25,26)(H,27,28)/b15-9-. The minimum absolute atomic E-state index is 0.152. The minimum atomic E-state index is -1.03. The van der Waals surface area contributed by atoms with E-state index in [2.05, 4.69) is 5.32 Å². The highest BCUT2D eigenvalue weighted by atomic mass is 35.5. The fraction of sp³-hybridized carbons (Fsp3) is 0.0455. The van der Waals surface area contributed by atoms with Crippen LogP contribution >= 0.6 is 11.6 Å². The fourth-order valence-corrected chi connectivity index (χ4v) is 2.84. The molecule has 1 heterocycles. The lowest BCUT2D eigenvalue weighted by molar-refractivity contribution is -0.112.